The zero-order valence-electron chi connectivity index (χ0n) is 6.72. The minimum atomic E-state index is -0.364. The highest BCUT2D eigenvalue weighted by Crippen LogP contribution is 2.08. The fourth-order valence-electron chi connectivity index (χ4n) is 1.12. The van der Waals surface area contributed by atoms with Gasteiger partial charge in [0.25, 0.3) is 0 Å². The van der Waals surface area contributed by atoms with Gasteiger partial charge in [-0.25, -0.2) is 0 Å². The molecule has 1 nitrogen and oxygen atoms in total. The Balaban J connectivity index is 3.19. The van der Waals surface area contributed by atoms with E-state index in [1.54, 1.807) is 12.1 Å². The van der Waals surface area contributed by atoms with Crippen LogP contribution in [-0.2, 0) is 0 Å². The van der Waals surface area contributed by atoms with Gasteiger partial charge in [-0.15, -0.1) is 0 Å². The molecule has 0 aromatic heterocycles. The van der Waals surface area contributed by atoms with Crippen molar-refractivity contribution in [2.45, 2.75) is 13.8 Å². The number of hydrogen-bond acceptors (Lipinski definition) is 1. The fraction of sp³-hybridized carbons (Fsp3) is 0.200. The van der Waals surface area contributed by atoms with Crippen LogP contribution < -0.4 is 0 Å². The van der Waals surface area contributed by atoms with Gasteiger partial charge in [-0.1, -0.05) is 17.2 Å². The Hall–Kier alpha value is -1.11. The van der Waals surface area contributed by atoms with E-state index in [9.17, 15) is 4.79 Å². The van der Waals surface area contributed by atoms with Crippen molar-refractivity contribution in [2.75, 3.05) is 0 Å². The molecule has 0 fully saturated rings. The van der Waals surface area contributed by atoms with Gasteiger partial charge in [0.1, 0.15) is 0 Å². The maximum atomic E-state index is 10.7. The predicted molar refractivity (Wildman–Crippen MR) is 44.5 cm³/mol. The van der Waals surface area contributed by atoms with Crippen LogP contribution in [0.3, 0.4) is 0 Å². The van der Waals surface area contributed by atoms with Gasteiger partial charge in [0.15, 0.2) is 5.78 Å². The average molecular weight is 146 g/mol. The first kappa shape index (κ1) is 7.99. The van der Waals surface area contributed by atoms with E-state index in [0.29, 0.717) is 5.56 Å². The minimum absolute atomic E-state index is 0.364. The van der Waals surface area contributed by atoms with Gasteiger partial charge in [0.05, 0.1) is 0 Å². The Labute approximate surface area is 67.1 Å². The van der Waals surface area contributed by atoms with Gasteiger partial charge < -0.3 is 0 Å². The van der Waals surface area contributed by atoms with Crippen molar-refractivity contribution in [2.24, 2.45) is 0 Å². The zero-order chi connectivity index (χ0) is 8.43. The van der Waals surface area contributed by atoms with Crippen molar-refractivity contribution in [3.8, 4) is 0 Å². The standard InChI is InChI=1S/C10H10O/c1-7-4-8(2)6-10(5-7)9(3)11/h3-6H,1-2H3. The number of rotatable bonds is 1. The Morgan fingerprint density at radius 2 is 1.64 bits per heavy atom. The molecule has 0 aliphatic rings. The van der Waals surface area contributed by atoms with E-state index in [0.717, 1.165) is 11.1 Å². The Bertz CT molecular complexity index is 267. The van der Waals surface area contributed by atoms with Gasteiger partial charge >= 0.3 is 0 Å². The molecule has 0 saturated heterocycles. The van der Waals surface area contributed by atoms with Crippen LogP contribution >= 0.6 is 0 Å². The first-order chi connectivity index (χ1) is 5.09. The van der Waals surface area contributed by atoms with Crippen LogP contribution in [0.1, 0.15) is 21.5 Å². The highest BCUT2D eigenvalue weighted by Gasteiger charge is 1.99. The van der Waals surface area contributed by atoms with E-state index in [1.807, 2.05) is 19.9 Å². The van der Waals surface area contributed by atoms with E-state index in [4.69, 9.17) is 6.92 Å². The normalized spacial score (nSPS) is 9.73. The Morgan fingerprint density at radius 3 is 2.00 bits per heavy atom. The second-order valence-corrected chi connectivity index (χ2v) is 2.74. The van der Waals surface area contributed by atoms with Crippen LogP contribution in [0.5, 0.6) is 0 Å². The molecule has 1 rings (SSSR count). The van der Waals surface area contributed by atoms with Crippen molar-refractivity contribution < 1.29 is 4.79 Å². The van der Waals surface area contributed by atoms with Gasteiger partial charge in [0.2, 0.25) is 0 Å². The average Bonchev–Trinajstić information content (AvgIpc) is 1.85. The third kappa shape index (κ3) is 1.90. The van der Waals surface area contributed by atoms with Crippen LogP contribution in [0, 0.1) is 20.8 Å². The van der Waals surface area contributed by atoms with Crippen molar-refractivity contribution in [1.82, 2.24) is 0 Å². The molecule has 2 radical (unpaired) electrons. The first-order valence-electron chi connectivity index (χ1n) is 3.47. The minimum Gasteiger partial charge on any atom is -0.294 e. The van der Waals surface area contributed by atoms with Crippen molar-refractivity contribution in [3.63, 3.8) is 0 Å². The smallest absolute Gasteiger partial charge is 0.167 e. The molecule has 0 amide bonds. The number of carbonyl (C=O) groups excluding carboxylic acids is 1. The van der Waals surface area contributed by atoms with E-state index in [-0.39, 0.29) is 5.78 Å². The lowest BCUT2D eigenvalue weighted by Gasteiger charge is -1.99. The molecular weight excluding hydrogens is 136 g/mol. The molecule has 0 heterocycles. The van der Waals surface area contributed by atoms with Crippen LogP contribution in [-0.4, -0.2) is 5.78 Å². The second kappa shape index (κ2) is 2.87. The first-order valence-corrected chi connectivity index (χ1v) is 3.47. The maximum Gasteiger partial charge on any atom is 0.167 e. The molecule has 0 saturated carbocycles. The lowest BCUT2D eigenvalue weighted by Crippen LogP contribution is -1.93. The lowest BCUT2D eigenvalue weighted by molar-refractivity contribution is 0.104. The van der Waals surface area contributed by atoms with E-state index < -0.39 is 0 Å². The summed E-state index contributed by atoms with van der Waals surface area (Å²) in [6.45, 7) is 9.00. The predicted octanol–water partition coefficient (Wildman–Crippen LogP) is 2.20. The molecule has 56 valence electrons. The number of hydrogen-bond donors (Lipinski definition) is 0. The molecule has 0 bridgehead atoms. The number of ketones is 1. The third-order valence-electron chi connectivity index (χ3n) is 1.51. The lowest BCUT2D eigenvalue weighted by atomic mass is 10.1. The summed E-state index contributed by atoms with van der Waals surface area (Å²) in [5.41, 5.74) is 2.72. The molecule has 0 spiro atoms. The molecule has 0 aliphatic carbocycles. The van der Waals surface area contributed by atoms with Gasteiger partial charge in [-0.05, 0) is 26.0 Å². The molecule has 0 N–H and O–H groups in total. The molecule has 1 aromatic carbocycles. The van der Waals surface area contributed by atoms with E-state index in [1.165, 1.54) is 0 Å². The number of benzene rings is 1. The summed E-state index contributed by atoms with van der Waals surface area (Å²) in [6, 6.07) is 5.58. The molecule has 1 aromatic rings. The van der Waals surface area contributed by atoms with E-state index in [2.05, 4.69) is 0 Å². The summed E-state index contributed by atoms with van der Waals surface area (Å²) in [6.07, 6.45) is 0. The summed E-state index contributed by atoms with van der Waals surface area (Å²) in [5, 5.41) is 0. The molecule has 11 heavy (non-hydrogen) atoms. The Kier molecular flexibility index (Phi) is 2.08. The van der Waals surface area contributed by atoms with Crippen LogP contribution in [0.4, 0.5) is 0 Å². The summed E-state index contributed by atoms with van der Waals surface area (Å²) in [7, 11) is 0. The maximum absolute atomic E-state index is 10.7. The number of aryl methyl sites for hydroxylation is 2. The van der Waals surface area contributed by atoms with Crippen LogP contribution in [0.25, 0.3) is 0 Å². The van der Waals surface area contributed by atoms with Gasteiger partial charge in [0, 0.05) is 12.5 Å². The van der Waals surface area contributed by atoms with Gasteiger partial charge in [-0.2, -0.15) is 0 Å². The molecular formula is C10H10O. The van der Waals surface area contributed by atoms with Crippen LogP contribution in [0.2, 0.25) is 0 Å². The highest BCUT2D eigenvalue weighted by atomic mass is 16.1. The fourth-order valence-corrected chi connectivity index (χ4v) is 1.12. The molecule has 0 atom stereocenters. The van der Waals surface area contributed by atoms with E-state index >= 15 is 0 Å². The zero-order valence-corrected chi connectivity index (χ0v) is 6.72. The number of carbonyl (C=O) groups is 1. The van der Waals surface area contributed by atoms with Crippen molar-refractivity contribution in [3.05, 3.63) is 41.8 Å². The second-order valence-electron chi connectivity index (χ2n) is 2.74. The highest BCUT2D eigenvalue weighted by molar-refractivity contribution is 5.99. The molecule has 1 heteroatoms. The van der Waals surface area contributed by atoms with Crippen molar-refractivity contribution in [1.29, 1.82) is 0 Å². The third-order valence-corrected chi connectivity index (χ3v) is 1.51. The summed E-state index contributed by atoms with van der Waals surface area (Å²) < 4.78 is 0. The summed E-state index contributed by atoms with van der Waals surface area (Å²) in [5.74, 6) is -0.364. The molecule has 0 unspecified atom stereocenters. The summed E-state index contributed by atoms with van der Waals surface area (Å²) in [4.78, 5) is 10.7. The SMILES string of the molecule is [CH]C(=O)c1cc(C)cc(C)c1. The van der Waals surface area contributed by atoms with Crippen molar-refractivity contribution >= 4 is 5.78 Å². The topological polar surface area (TPSA) is 17.1 Å². The quantitative estimate of drug-likeness (QED) is 0.555. The molecule has 0 aliphatic heterocycles. The van der Waals surface area contributed by atoms with Crippen LogP contribution in [0.15, 0.2) is 18.2 Å². The summed E-state index contributed by atoms with van der Waals surface area (Å²) >= 11 is 0. The Morgan fingerprint density at radius 1 is 1.18 bits per heavy atom. The number of Topliss-reactive ketones (excluding diaryl/α,β-unsaturated/α-hetero) is 1. The monoisotopic (exact) mass is 146 g/mol. The van der Waals surface area contributed by atoms with Gasteiger partial charge in [-0.3, -0.25) is 4.79 Å². The largest absolute Gasteiger partial charge is 0.294 e.